The molecule has 0 saturated carbocycles. The number of anilines is 3. The van der Waals surface area contributed by atoms with Crippen LogP contribution in [-0.2, 0) is 12.8 Å². The zero-order valence-electron chi connectivity index (χ0n) is 27.2. The molecule has 50 heavy (non-hydrogen) atoms. The smallest absolute Gasteiger partial charge is 0.124 e. The second kappa shape index (κ2) is 12.4. The summed E-state index contributed by atoms with van der Waals surface area (Å²) in [5.41, 5.74) is 13.2. The Morgan fingerprint density at radius 2 is 0.940 bits per heavy atom. The van der Waals surface area contributed by atoms with Gasteiger partial charge in [-0.2, -0.15) is 0 Å². The molecular formula is C44H31N3S3. The van der Waals surface area contributed by atoms with Gasteiger partial charge in [0, 0.05) is 26.6 Å². The predicted octanol–water partition coefficient (Wildman–Crippen LogP) is 13.1. The van der Waals surface area contributed by atoms with E-state index in [2.05, 4.69) is 144 Å². The molecule has 0 amide bonds. The number of para-hydroxylation sites is 1. The maximum atomic E-state index is 4.95. The van der Waals surface area contributed by atoms with E-state index >= 15 is 0 Å². The first kappa shape index (κ1) is 29.9. The van der Waals surface area contributed by atoms with E-state index in [1.165, 1.54) is 75.7 Å². The zero-order valence-corrected chi connectivity index (χ0v) is 29.6. The highest BCUT2D eigenvalue weighted by Crippen LogP contribution is 2.53. The fourth-order valence-corrected chi connectivity index (χ4v) is 10.3. The highest BCUT2D eigenvalue weighted by Gasteiger charge is 2.26. The lowest BCUT2D eigenvalue weighted by Gasteiger charge is -2.33. The highest BCUT2D eigenvalue weighted by molar-refractivity contribution is 7.99. The third-order valence-electron chi connectivity index (χ3n) is 9.66. The average Bonchev–Trinajstić information content (AvgIpc) is 3.82. The molecule has 0 radical (unpaired) electrons. The van der Waals surface area contributed by atoms with Crippen LogP contribution in [0.3, 0.4) is 0 Å². The summed E-state index contributed by atoms with van der Waals surface area (Å²) in [7, 11) is 0. The highest BCUT2D eigenvalue weighted by atomic mass is 32.2. The molecule has 2 aromatic heterocycles. The maximum absolute atomic E-state index is 4.95. The summed E-state index contributed by atoms with van der Waals surface area (Å²) >= 11 is 5.44. The van der Waals surface area contributed by atoms with Crippen molar-refractivity contribution in [2.45, 2.75) is 35.5 Å². The Balaban J connectivity index is 0.977. The molecule has 7 aromatic rings. The van der Waals surface area contributed by atoms with Gasteiger partial charge in [-0.25, -0.2) is 9.97 Å². The molecule has 5 aromatic carbocycles. The Kier molecular flexibility index (Phi) is 7.40. The van der Waals surface area contributed by atoms with Gasteiger partial charge in [-0.15, -0.1) is 22.7 Å². The van der Waals surface area contributed by atoms with Gasteiger partial charge in [0.2, 0.25) is 0 Å². The van der Waals surface area contributed by atoms with Crippen LogP contribution in [0.2, 0.25) is 0 Å². The van der Waals surface area contributed by atoms with Gasteiger partial charge in [0.15, 0.2) is 0 Å². The molecule has 0 bridgehead atoms. The quantitative estimate of drug-likeness (QED) is 0.179. The fourth-order valence-electron chi connectivity index (χ4n) is 7.05. The second-order valence-corrected chi connectivity index (χ2v) is 16.0. The molecule has 0 N–H and O–H groups in total. The molecule has 6 heteroatoms. The Bertz CT molecular complexity index is 2300. The Hall–Kier alpha value is -5.01. The number of fused-ring (bicyclic) bond motifs is 4. The van der Waals surface area contributed by atoms with Gasteiger partial charge in [-0.1, -0.05) is 103 Å². The second-order valence-electron chi connectivity index (χ2n) is 12.8. The number of hydrogen-bond acceptors (Lipinski definition) is 6. The minimum atomic E-state index is 1.04. The summed E-state index contributed by atoms with van der Waals surface area (Å²) in [6.45, 7) is 0. The maximum Gasteiger partial charge on any atom is 0.124 e. The third kappa shape index (κ3) is 5.35. The third-order valence-corrected chi connectivity index (χ3v) is 13.0. The van der Waals surface area contributed by atoms with E-state index < -0.39 is 0 Å². The van der Waals surface area contributed by atoms with Crippen LogP contribution in [-0.4, -0.2) is 9.97 Å². The van der Waals surface area contributed by atoms with Crippen molar-refractivity contribution in [3.8, 4) is 43.4 Å². The molecule has 10 rings (SSSR count). The number of aryl methyl sites for hydroxylation is 2. The van der Waals surface area contributed by atoms with Gasteiger partial charge in [0.25, 0.3) is 0 Å². The van der Waals surface area contributed by atoms with E-state index in [1.54, 1.807) is 22.7 Å². The molecule has 0 saturated heterocycles. The number of benzene rings is 5. The van der Waals surface area contributed by atoms with E-state index in [4.69, 9.17) is 9.97 Å². The molecule has 0 fully saturated rings. The first-order valence-electron chi connectivity index (χ1n) is 17.1. The predicted molar refractivity (Wildman–Crippen MR) is 213 cm³/mol. The van der Waals surface area contributed by atoms with Crippen LogP contribution in [0.5, 0.6) is 0 Å². The first-order chi connectivity index (χ1) is 24.7. The molecule has 1 aliphatic heterocycles. The fraction of sp³-hybridized carbons (Fsp3) is 0.0909. The summed E-state index contributed by atoms with van der Waals surface area (Å²) in [4.78, 5) is 17.4. The van der Waals surface area contributed by atoms with Gasteiger partial charge in [0.1, 0.15) is 10.0 Å². The largest absolute Gasteiger partial charge is 0.308 e. The molecule has 2 aliphatic carbocycles. The van der Waals surface area contributed by atoms with Crippen LogP contribution >= 0.6 is 34.4 Å². The van der Waals surface area contributed by atoms with E-state index in [9.17, 15) is 0 Å². The van der Waals surface area contributed by atoms with Gasteiger partial charge in [0.05, 0.1) is 32.5 Å². The van der Waals surface area contributed by atoms with Gasteiger partial charge in [-0.3, -0.25) is 0 Å². The summed E-state index contributed by atoms with van der Waals surface area (Å²) in [5.74, 6) is 0. The normalized spacial score (nSPS) is 14.2. The van der Waals surface area contributed by atoms with Crippen molar-refractivity contribution in [3.05, 3.63) is 149 Å². The van der Waals surface area contributed by atoms with Crippen LogP contribution in [0.1, 0.15) is 34.0 Å². The van der Waals surface area contributed by atoms with Crippen molar-refractivity contribution in [1.29, 1.82) is 0 Å². The number of thiazole rings is 2. The monoisotopic (exact) mass is 697 g/mol. The molecule has 3 aliphatic rings. The Labute approximate surface area is 304 Å². The molecule has 0 atom stereocenters. The van der Waals surface area contributed by atoms with Gasteiger partial charge in [-0.05, 0) is 96.5 Å². The summed E-state index contributed by atoms with van der Waals surface area (Å²) < 4.78 is 0. The number of allylic oxidation sites excluding steroid dienone is 2. The average molecular weight is 698 g/mol. The van der Waals surface area contributed by atoms with Crippen molar-refractivity contribution >= 4 is 63.6 Å². The van der Waals surface area contributed by atoms with E-state index in [1.807, 2.05) is 11.8 Å². The van der Waals surface area contributed by atoms with Crippen LogP contribution in [0, 0.1) is 0 Å². The Morgan fingerprint density at radius 3 is 1.42 bits per heavy atom. The molecule has 3 heterocycles. The summed E-state index contributed by atoms with van der Waals surface area (Å²) in [6, 6.07) is 42.3. The van der Waals surface area contributed by atoms with Crippen LogP contribution < -0.4 is 4.90 Å². The Morgan fingerprint density at radius 1 is 0.480 bits per heavy atom. The molecule has 0 unspecified atom stereocenters. The molecule has 0 spiro atoms. The first-order valence-corrected chi connectivity index (χ1v) is 19.5. The lowest BCUT2D eigenvalue weighted by molar-refractivity contribution is 0.947. The van der Waals surface area contributed by atoms with Crippen LogP contribution in [0.25, 0.3) is 55.5 Å². The lowest BCUT2D eigenvalue weighted by Crippen LogP contribution is -2.14. The molecule has 3 nitrogen and oxygen atoms in total. The van der Waals surface area contributed by atoms with Gasteiger partial charge < -0.3 is 4.90 Å². The standard InChI is InChI=1S/C44H31N3S3/c1-2-8-34(9-3-1)47-37-24-22-32(28-14-18-30(19-15-28)43-45-35-10-4-6-12-39(35)49-43)26-41(37)48-42-27-33(23-25-38(42)47)29-16-20-31(21-17-29)44-46-36-11-5-7-13-40(36)50-44/h1-3,6-9,12-27H,4-5,10-11H2. The topological polar surface area (TPSA) is 29.0 Å². The van der Waals surface area contributed by atoms with Crippen LogP contribution in [0.15, 0.2) is 137 Å². The van der Waals surface area contributed by atoms with Crippen molar-refractivity contribution < 1.29 is 0 Å². The molecular weight excluding hydrogens is 667 g/mol. The minimum Gasteiger partial charge on any atom is -0.308 e. The number of aromatic nitrogens is 2. The SMILES string of the molecule is C1=Cc2sc(-c3ccc(-c4ccc5c(c4)Sc4cc(-c6ccc(-c7nc8c(s7)C=CCC8)cc6)ccc4N5c4ccccc4)cc3)nc2CC1. The van der Waals surface area contributed by atoms with Crippen molar-refractivity contribution in [2.24, 2.45) is 0 Å². The van der Waals surface area contributed by atoms with Crippen molar-refractivity contribution in [2.75, 3.05) is 4.90 Å². The van der Waals surface area contributed by atoms with Crippen molar-refractivity contribution in [1.82, 2.24) is 9.97 Å². The summed E-state index contributed by atoms with van der Waals surface area (Å²) in [6.07, 6.45) is 13.2. The van der Waals surface area contributed by atoms with E-state index in [0.29, 0.717) is 0 Å². The number of rotatable bonds is 5. The number of nitrogens with zero attached hydrogens (tertiary/aromatic N) is 3. The number of hydrogen-bond donors (Lipinski definition) is 0. The van der Waals surface area contributed by atoms with Crippen LogP contribution in [0.4, 0.5) is 17.1 Å². The lowest BCUT2D eigenvalue weighted by atomic mass is 10.0. The summed E-state index contributed by atoms with van der Waals surface area (Å²) in [5, 5.41) is 2.21. The minimum absolute atomic E-state index is 1.04. The molecule has 240 valence electrons. The van der Waals surface area contributed by atoms with E-state index in [-0.39, 0.29) is 0 Å². The zero-order chi connectivity index (χ0) is 33.0. The van der Waals surface area contributed by atoms with Gasteiger partial charge >= 0.3 is 0 Å². The van der Waals surface area contributed by atoms with Crippen molar-refractivity contribution in [3.63, 3.8) is 0 Å². The van der Waals surface area contributed by atoms with E-state index in [0.717, 1.165) is 41.4 Å².